The predicted molar refractivity (Wildman–Crippen MR) is 70.3 cm³/mol. The van der Waals surface area contributed by atoms with Gasteiger partial charge >= 0.3 is 0 Å². The van der Waals surface area contributed by atoms with E-state index in [0.717, 1.165) is 24.4 Å². The number of aryl methyl sites for hydroxylation is 1. The average molecular weight is 238 g/mol. The van der Waals surface area contributed by atoms with Crippen LogP contribution in [0, 0.1) is 6.92 Å². The second-order valence-corrected chi connectivity index (χ2v) is 4.25. The van der Waals surface area contributed by atoms with Gasteiger partial charge in [-0.05, 0) is 19.8 Å². The maximum absolute atomic E-state index is 10.2. The van der Waals surface area contributed by atoms with Gasteiger partial charge in [0.15, 0.2) is 0 Å². The van der Waals surface area contributed by atoms with Crippen molar-refractivity contribution < 1.29 is 5.11 Å². The van der Waals surface area contributed by atoms with E-state index < -0.39 is 5.60 Å². The molecule has 1 rings (SSSR count). The van der Waals surface area contributed by atoms with E-state index in [1.54, 1.807) is 7.05 Å². The van der Waals surface area contributed by atoms with Crippen LogP contribution in [0.4, 0.5) is 11.8 Å². The second kappa shape index (κ2) is 5.82. The molecule has 0 aliphatic rings. The fourth-order valence-corrected chi connectivity index (χ4v) is 1.53. The van der Waals surface area contributed by atoms with Crippen molar-refractivity contribution in [1.29, 1.82) is 0 Å². The van der Waals surface area contributed by atoms with Gasteiger partial charge in [0.05, 0.1) is 5.60 Å². The molecule has 1 aromatic heterocycles. The lowest BCUT2D eigenvalue weighted by molar-refractivity contribution is 0.0456. The molecule has 0 aromatic carbocycles. The van der Waals surface area contributed by atoms with Gasteiger partial charge in [0.2, 0.25) is 5.95 Å². The van der Waals surface area contributed by atoms with Crippen LogP contribution in [-0.4, -0.2) is 34.3 Å². The van der Waals surface area contributed by atoms with Crippen molar-refractivity contribution in [3.8, 4) is 0 Å². The number of nitrogens with one attached hydrogen (secondary N) is 2. The van der Waals surface area contributed by atoms with E-state index in [1.165, 1.54) is 0 Å². The summed E-state index contributed by atoms with van der Waals surface area (Å²) in [7, 11) is 1.78. The highest BCUT2D eigenvalue weighted by Crippen LogP contribution is 2.16. The summed E-state index contributed by atoms with van der Waals surface area (Å²) in [6.45, 7) is 6.38. The van der Waals surface area contributed by atoms with Gasteiger partial charge in [-0.25, -0.2) is 4.98 Å². The lowest BCUT2D eigenvalue weighted by Gasteiger charge is -2.25. The molecular formula is C12H22N4O. The number of nitrogens with zero attached hydrogens (tertiary/aromatic N) is 2. The van der Waals surface area contributed by atoms with Crippen molar-refractivity contribution in [3.63, 3.8) is 0 Å². The molecule has 5 heteroatoms. The Bertz CT molecular complexity index is 364. The summed E-state index contributed by atoms with van der Waals surface area (Å²) in [6.07, 6.45) is 1.44. The van der Waals surface area contributed by atoms with Gasteiger partial charge in [-0.3, -0.25) is 0 Å². The van der Waals surface area contributed by atoms with Crippen LogP contribution in [0.3, 0.4) is 0 Å². The molecule has 0 atom stereocenters. The van der Waals surface area contributed by atoms with E-state index in [1.807, 2.05) is 26.8 Å². The molecule has 0 saturated carbocycles. The summed E-state index contributed by atoms with van der Waals surface area (Å²) in [4.78, 5) is 8.49. The number of hydrogen-bond acceptors (Lipinski definition) is 5. The quantitative estimate of drug-likeness (QED) is 0.705. The zero-order valence-electron chi connectivity index (χ0n) is 11.0. The number of rotatable bonds is 6. The Balaban J connectivity index is 2.72. The first-order valence-electron chi connectivity index (χ1n) is 6.02. The third-order valence-corrected chi connectivity index (χ3v) is 2.99. The van der Waals surface area contributed by atoms with Gasteiger partial charge in [-0.15, -0.1) is 0 Å². The molecule has 0 unspecified atom stereocenters. The van der Waals surface area contributed by atoms with Crippen molar-refractivity contribution in [2.24, 2.45) is 0 Å². The van der Waals surface area contributed by atoms with Crippen LogP contribution in [0.2, 0.25) is 0 Å². The highest BCUT2D eigenvalue weighted by molar-refractivity contribution is 5.42. The summed E-state index contributed by atoms with van der Waals surface area (Å²) >= 11 is 0. The van der Waals surface area contributed by atoms with Crippen LogP contribution >= 0.6 is 0 Å². The normalized spacial score (nSPS) is 11.4. The minimum atomic E-state index is -0.668. The lowest BCUT2D eigenvalue weighted by atomic mass is 9.98. The summed E-state index contributed by atoms with van der Waals surface area (Å²) in [5, 5.41) is 16.2. The van der Waals surface area contributed by atoms with Crippen LogP contribution < -0.4 is 10.6 Å². The molecule has 0 aliphatic carbocycles. The van der Waals surface area contributed by atoms with Crippen molar-refractivity contribution in [2.45, 2.75) is 39.2 Å². The van der Waals surface area contributed by atoms with Crippen LogP contribution in [0.1, 0.15) is 32.4 Å². The molecule has 96 valence electrons. The van der Waals surface area contributed by atoms with Crippen molar-refractivity contribution >= 4 is 11.8 Å². The summed E-state index contributed by atoms with van der Waals surface area (Å²) in [5.74, 6) is 1.33. The highest BCUT2D eigenvalue weighted by atomic mass is 16.3. The smallest absolute Gasteiger partial charge is 0.224 e. The Morgan fingerprint density at radius 3 is 2.47 bits per heavy atom. The van der Waals surface area contributed by atoms with Gasteiger partial charge in [0, 0.05) is 25.4 Å². The molecule has 0 amide bonds. The van der Waals surface area contributed by atoms with Crippen LogP contribution in [0.5, 0.6) is 0 Å². The van der Waals surface area contributed by atoms with Gasteiger partial charge in [0.1, 0.15) is 5.82 Å². The minimum absolute atomic E-state index is 0.500. The van der Waals surface area contributed by atoms with E-state index >= 15 is 0 Å². The highest BCUT2D eigenvalue weighted by Gasteiger charge is 2.21. The third-order valence-electron chi connectivity index (χ3n) is 2.99. The Kier molecular flexibility index (Phi) is 4.69. The van der Waals surface area contributed by atoms with E-state index in [-0.39, 0.29) is 0 Å². The summed E-state index contributed by atoms with van der Waals surface area (Å²) in [6, 6.07) is 1.87. The minimum Gasteiger partial charge on any atom is -0.388 e. The molecule has 0 spiro atoms. The lowest BCUT2D eigenvalue weighted by Crippen LogP contribution is -2.35. The van der Waals surface area contributed by atoms with Crippen molar-refractivity contribution in [3.05, 3.63) is 11.8 Å². The van der Waals surface area contributed by atoms with Crippen LogP contribution in [0.15, 0.2) is 6.07 Å². The topological polar surface area (TPSA) is 70.1 Å². The Labute approximate surface area is 103 Å². The van der Waals surface area contributed by atoms with Gasteiger partial charge in [0.25, 0.3) is 0 Å². The first-order valence-corrected chi connectivity index (χ1v) is 6.02. The van der Waals surface area contributed by atoms with E-state index in [2.05, 4.69) is 20.6 Å². The molecule has 5 nitrogen and oxygen atoms in total. The van der Waals surface area contributed by atoms with E-state index in [9.17, 15) is 5.11 Å². The molecule has 0 radical (unpaired) electrons. The molecule has 17 heavy (non-hydrogen) atoms. The standard InChI is InChI=1S/C12H22N4O/c1-5-12(17,6-2)8-14-10-7-9(3)15-11(13-4)16-10/h7,17H,5-6,8H2,1-4H3,(H2,13,14,15,16). The zero-order chi connectivity index (χ0) is 12.9. The SMILES string of the molecule is CCC(O)(CC)CNc1cc(C)nc(NC)n1. The monoisotopic (exact) mass is 238 g/mol. The van der Waals surface area contributed by atoms with Crippen molar-refractivity contribution in [2.75, 3.05) is 24.2 Å². The van der Waals surface area contributed by atoms with Gasteiger partial charge < -0.3 is 15.7 Å². The van der Waals surface area contributed by atoms with E-state index in [0.29, 0.717) is 12.5 Å². The predicted octanol–water partition coefficient (Wildman–Crippen LogP) is 1.79. The Morgan fingerprint density at radius 1 is 1.29 bits per heavy atom. The first kappa shape index (κ1) is 13.7. The molecule has 1 aromatic rings. The summed E-state index contributed by atoms with van der Waals surface area (Å²) < 4.78 is 0. The zero-order valence-corrected chi connectivity index (χ0v) is 11.0. The maximum Gasteiger partial charge on any atom is 0.224 e. The second-order valence-electron chi connectivity index (χ2n) is 4.25. The van der Waals surface area contributed by atoms with Crippen LogP contribution in [-0.2, 0) is 0 Å². The Hall–Kier alpha value is -1.36. The Morgan fingerprint density at radius 2 is 1.94 bits per heavy atom. The van der Waals surface area contributed by atoms with Gasteiger partial charge in [-0.1, -0.05) is 13.8 Å². The number of aromatic nitrogens is 2. The fraction of sp³-hybridized carbons (Fsp3) is 0.667. The number of aliphatic hydroxyl groups is 1. The first-order chi connectivity index (χ1) is 8.03. The molecule has 3 N–H and O–H groups in total. The van der Waals surface area contributed by atoms with Crippen molar-refractivity contribution in [1.82, 2.24) is 9.97 Å². The molecule has 0 bridgehead atoms. The largest absolute Gasteiger partial charge is 0.388 e. The molecule has 0 saturated heterocycles. The summed E-state index contributed by atoms with van der Waals surface area (Å²) in [5.41, 5.74) is 0.224. The van der Waals surface area contributed by atoms with Crippen LogP contribution in [0.25, 0.3) is 0 Å². The van der Waals surface area contributed by atoms with E-state index in [4.69, 9.17) is 0 Å². The molecule has 0 aliphatic heterocycles. The number of hydrogen-bond donors (Lipinski definition) is 3. The third kappa shape index (κ3) is 3.85. The molecule has 1 heterocycles. The average Bonchev–Trinajstić information content (AvgIpc) is 2.35. The molecule has 0 fully saturated rings. The fourth-order valence-electron chi connectivity index (χ4n) is 1.53. The maximum atomic E-state index is 10.2. The number of anilines is 2. The molecular weight excluding hydrogens is 216 g/mol. The van der Waals surface area contributed by atoms with Gasteiger partial charge in [-0.2, -0.15) is 4.98 Å².